The number of unbranched alkanes of at least 4 members (excludes halogenated alkanes) is 5. The summed E-state index contributed by atoms with van der Waals surface area (Å²) in [5.41, 5.74) is 0. The molecule has 14 heavy (non-hydrogen) atoms. The van der Waals surface area contributed by atoms with Crippen LogP contribution in [0.2, 0.25) is 0 Å². The minimum atomic E-state index is 0.811. The minimum absolute atomic E-state index is 0.811. The van der Waals surface area contributed by atoms with Gasteiger partial charge in [-0.05, 0) is 6.42 Å². The van der Waals surface area contributed by atoms with Crippen molar-refractivity contribution in [2.45, 2.75) is 45.4 Å². The number of aromatic nitrogens is 2. The van der Waals surface area contributed by atoms with Crippen LogP contribution in [0, 0.1) is 0 Å². The van der Waals surface area contributed by atoms with Gasteiger partial charge in [0.1, 0.15) is 0 Å². The molecule has 0 aliphatic heterocycles. The van der Waals surface area contributed by atoms with Gasteiger partial charge in [-0.25, -0.2) is 0 Å². The SMILES string of the molecule is CCCCCCCCOc1cn[nH]c1. The predicted octanol–water partition coefficient (Wildman–Crippen LogP) is 3.15. The van der Waals surface area contributed by atoms with E-state index in [-0.39, 0.29) is 0 Å². The smallest absolute Gasteiger partial charge is 0.156 e. The summed E-state index contributed by atoms with van der Waals surface area (Å²) in [4.78, 5) is 0. The molecule has 1 rings (SSSR count). The maximum atomic E-state index is 5.46. The topological polar surface area (TPSA) is 37.9 Å². The van der Waals surface area contributed by atoms with Crippen LogP contribution in [0.25, 0.3) is 0 Å². The number of rotatable bonds is 8. The Morgan fingerprint density at radius 1 is 1.21 bits per heavy atom. The highest BCUT2D eigenvalue weighted by Gasteiger charge is 1.93. The van der Waals surface area contributed by atoms with Gasteiger partial charge in [-0.2, -0.15) is 5.10 Å². The summed E-state index contributed by atoms with van der Waals surface area (Å²) in [5, 5.41) is 6.54. The molecule has 0 aliphatic rings. The molecule has 0 amide bonds. The van der Waals surface area contributed by atoms with Crippen molar-refractivity contribution in [3.05, 3.63) is 12.4 Å². The van der Waals surface area contributed by atoms with Gasteiger partial charge in [-0.15, -0.1) is 0 Å². The second kappa shape index (κ2) is 7.42. The molecule has 0 radical (unpaired) electrons. The average Bonchev–Trinajstić information content (AvgIpc) is 2.69. The molecule has 0 saturated carbocycles. The van der Waals surface area contributed by atoms with E-state index in [0.29, 0.717) is 0 Å². The molecule has 1 N–H and O–H groups in total. The van der Waals surface area contributed by atoms with Crippen molar-refractivity contribution in [1.29, 1.82) is 0 Å². The lowest BCUT2D eigenvalue weighted by Crippen LogP contribution is -1.96. The zero-order valence-corrected chi connectivity index (χ0v) is 8.96. The molecular formula is C11H20N2O. The standard InChI is InChI=1S/C11H20N2O/c1-2-3-4-5-6-7-8-14-11-9-12-13-10-11/h9-10H,2-8H2,1H3,(H,12,13). The Morgan fingerprint density at radius 2 is 2.00 bits per heavy atom. The van der Waals surface area contributed by atoms with Gasteiger partial charge in [0.15, 0.2) is 5.75 Å². The Hall–Kier alpha value is -0.990. The first-order chi connectivity index (χ1) is 6.93. The first kappa shape index (κ1) is 11.1. The molecule has 3 nitrogen and oxygen atoms in total. The summed E-state index contributed by atoms with van der Waals surface area (Å²) in [6.07, 6.45) is 11.3. The highest BCUT2D eigenvalue weighted by Crippen LogP contribution is 2.08. The molecule has 0 atom stereocenters. The van der Waals surface area contributed by atoms with Crippen LogP contribution < -0.4 is 4.74 Å². The highest BCUT2D eigenvalue weighted by atomic mass is 16.5. The Balaban J connectivity index is 1.85. The predicted molar refractivity (Wildman–Crippen MR) is 57.5 cm³/mol. The van der Waals surface area contributed by atoms with Crippen LogP contribution in [0.5, 0.6) is 5.75 Å². The summed E-state index contributed by atoms with van der Waals surface area (Å²) < 4.78 is 5.46. The van der Waals surface area contributed by atoms with Crippen LogP contribution in [0.15, 0.2) is 12.4 Å². The summed E-state index contributed by atoms with van der Waals surface area (Å²) in [6, 6.07) is 0. The van der Waals surface area contributed by atoms with Gasteiger partial charge in [-0.1, -0.05) is 39.0 Å². The van der Waals surface area contributed by atoms with Crippen molar-refractivity contribution in [2.75, 3.05) is 6.61 Å². The summed E-state index contributed by atoms with van der Waals surface area (Å²) >= 11 is 0. The molecule has 0 bridgehead atoms. The molecule has 0 fully saturated rings. The molecule has 0 aliphatic carbocycles. The van der Waals surface area contributed by atoms with Crippen LogP contribution in [0.3, 0.4) is 0 Å². The van der Waals surface area contributed by atoms with Gasteiger partial charge in [0.05, 0.1) is 19.0 Å². The van der Waals surface area contributed by atoms with E-state index < -0.39 is 0 Å². The third-order valence-electron chi connectivity index (χ3n) is 2.24. The molecule has 0 saturated heterocycles. The maximum Gasteiger partial charge on any atom is 0.156 e. The third-order valence-corrected chi connectivity index (χ3v) is 2.24. The van der Waals surface area contributed by atoms with Crippen molar-refractivity contribution >= 4 is 0 Å². The van der Waals surface area contributed by atoms with Crippen LogP contribution in [0.1, 0.15) is 45.4 Å². The first-order valence-electron chi connectivity index (χ1n) is 5.55. The zero-order chi connectivity index (χ0) is 10.1. The van der Waals surface area contributed by atoms with Crippen molar-refractivity contribution < 1.29 is 4.74 Å². The van der Waals surface area contributed by atoms with E-state index in [9.17, 15) is 0 Å². The molecular weight excluding hydrogens is 176 g/mol. The van der Waals surface area contributed by atoms with Crippen LogP contribution in [0.4, 0.5) is 0 Å². The molecule has 80 valence electrons. The van der Waals surface area contributed by atoms with Crippen LogP contribution in [-0.2, 0) is 0 Å². The largest absolute Gasteiger partial charge is 0.490 e. The number of nitrogens with one attached hydrogen (secondary N) is 1. The minimum Gasteiger partial charge on any atom is -0.490 e. The van der Waals surface area contributed by atoms with Crippen LogP contribution in [-0.4, -0.2) is 16.8 Å². The maximum absolute atomic E-state index is 5.46. The lowest BCUT2D eigenvalue weighted by molar-refractivity contribution is 0.304. The fourth-order valence-corrected chi connectivity index (χ4v) is 1.39. The summed E-state index contributed by atoms with van der Waals surface area (Å²) in [7, 11) is 0. The lowest BCUT2D eigenvalue weighted by atomic mass is 10.1. The van der Waals surface area contributed by atoms with Gasteiger partial charge < -0.3 is 4.74 Å². The summed E-state index contributed by atoms with van der Waals surface area (Å²) in [6.45, 7) is 3.05. The van der Waals surface area contributed by atoms with Crippen LogP contribution >= 0.6 is 0 Å². The molecule has 0 aromatic carbocycles. The second-order valence-corrected chi connectivity index (χ2v) is 3.55. The Kier molecular flexibility index (Phi) is 5.87. The van der Waals surface area contributed by atoms with E-state index in [2.05, 4.69) is 17.1 Å². The van der Waals surface area contributed by atoms with Gasteiger partial charge in [0.2, 0.25) is 0 Å². The van der Waals surface area contributed by atoms with E-state index in [1.807, 2.05) is 0 Å². The number of aromatic amines is 1. The Labute approximate surface area is 85.9 Å². The van der Waals surface area contributed by atoms with E-state index in [1.54, 1.807) is 12.4 Å². The molecule has 1 heterocycles. The quantitative estimate of drug-likeness (QED) is 0.648. The van der Waals surface area contributed by atoms with Crippen molar-refractivity contribution in [3.63, 3.8) is 0 Å². The fourth-order valence-electron chi connectivity index (χ4n) is 1.39. The first-order valence-corrected chi connectivity index (χ1v) is 5.55. The number of hydrogen-bond acceptors (Lipinski definition) is 2. The molecule has 1 aromatic rings. The Bertz CT molecular complexity index is 209. The van der Waals surface area contributed by atoms with Gasteiger partial charge >= 0.3 is 0 Å². The van der Waals surface area contributed by atoms with Crippen molar-refractivity contribution in [3.8, 4) is 5.75 Å². The third kappa shape index (κ3) is 4.90. The number of nitrogens with zero attached hydrogens (tertiary/aromatic N) is 1. The average molecular weight is 196 g/mol. The number of H-pyrrole nitrogens is 1. The van der Waals surface area contributed by atoms with E-state index >= 15 is 0 Å². The van der Waals surface area contributed by atoms with Crippen molar-refractivity contribution in [1.82, 2.24) is 10.2 Å². The van der Waals surface area contributed by atoms with E-state index in [4.69, 9.17) is 4.74 Å². The van der Waals surface area contributed by atoms with Gasteiger partial charge in [-0.3, -0.25) is 5.10 Å². The van der Waals surface area contributed by atoms with Gasteiger partial charge in [0, 0.05) is 0 Å². The lowest BCUT2D eigenvalue weighted by Gasteiger charge is -2.02. The fraction of sp³-hybridized carbons (Fsp3) is 0.727. The monoisotopic (exact) mass is 196 g/mol. The van der Waals surface area contributed by atoms with Gasteiger partial charge in [0.25, 0.3) is 0 Å². The molecule has 0 spiro atoms. The summed E-state index contributed by atoms with van der Waals surface area (Å²) in [5.74, 6) is 0.846. The van der Waals surface area contributed by atoms with E-state index in [1.165, 1.54) is 32.1 Å². The number of ether oxygens (including phenoxy) is 1. The normalized spacial score (nSPS) is 10.4. The molecule has 0 unspecified atom stereocenters. The zero-order valence-electron chi connectivity index (χ0n) is 8.96. The van der Waals surface area contributed by atoms with E-state index in [0.717, 1.165) is 18.8 Å². The second-order valence-electron chi connectivity index (χ2n) is 3.55. The molecule has 3 heteroatoms. The number of hydrogen-bond donors (Lipinski definition) is 1. The van der Waals surface area contributed by atoms with Crippen molar-refractivity contribution in [2.24, 2.45) is 0 Å². The highest BCUT2D eigenvalue weighted by molar-refractivity contribution is 5.09. The Morgan fingerprint density at radius 3 is 2.71 bits per heavy atom. The molecule has 1 aromatic heterocycles.